The van der Waals surface area contributed by atoms with Crippen LogP contribution in [-0.4, -0.2) is 36.4 Å². The van der Waals surface area contributed by atoms with Gasteiger partial charge in [-0.3, -0.25) is 4.79 Å². The number of rotatable bonds is 7. The zero-order valence-corrected chi connectivity index (χ0v) is 10.2. The van der Waals surface area contributed by atoms with Crippen molar-refractivity contribution >= 4 is 5.91 Å². The molecule has 0 spiro atoms. The fraction of sp³-hybridized carbons (Fsp3) is 0.909. The van der Waals surface area contributed by atoms with Crippen LogP contribution in [0.3, 0.4) is 0 Å². The van der Waals surface area contributed by atoms with Gasteiger partial charge in [0.1, 0.15) is 0 Å². The zero-order valence-electron chi connectivity index (χ0n) is 10.2. The Morgan fingerprint density at radius 3 is 2.60 bits per heavy atom. The quantitative estimate of drug-likeness (QED) is 0.671. The number of hydrogen-bond donors (Lipinski definition) is 2. The molecule has 0 bridgehead atoms. The highest BCUT2D eigenvalue weighted by Crippen LogP contribution is 2.12. The molecule has 0 fully saturated rings. The van der Waals surface area contributed by atoms with Gasteiger partial charge in [0.05, 0.1) is 18.1 Å². The van der Waals surface area contributed by atoms with Crippen molar-refractivity contribution in [3.05, 3.63) is 0 Å². The highest BCUT2D eigenvalue weighted by Gasteiger charge is 2.21. The van der Waals surface area contributed by atoms with Gasteiger partial charge in [-0.05, 0) is 20.3 Å². The minimum absolute atomic E-state index is 0.0861. The predicted octanol–water partition coefficient (Wildman–Crippen LogP) is 1.08. The lowest BCUT2D eigenvalue weighted by molar-refractivity contribution is -0.126. The lowest BCUT2D eigenvalue weighted by Crippen LogP contribution is -2.37. The summed E-state index contributed by atoms with van der Waals surface area (Å²) in [5.41, 5.74) is -0.445. The lowest BCUT2D eigenvalue weighted by atomic mass is 10.0. The van der Waals surface area contributed by atoms with E-state index >= 15 is 0 Å². The first-order valence-electron chi connectivity index (χ1n) is 5.41. The van der Waals surface area contributed by atoms with Gasteiger partial charge in [-0.25, -0.2) is 0 Å². The van der Waals surface area contributed by atoms with Crippen molar-refractivity contribution in [1.29, 1.82) is 0 Å². The number of carbonyl (C=O) groups is 1. The summed E-state index contributed by atoms with van der Waals surface area (Å²) in [6.45, 7) is 6.04. The van der Waals surface area contributed by atoms with Crippen LogP contribution in [0.25, 0.3) is 0 Å². The van der Waals surface area contributed by atoms with Crippen LogP contribution < -0.4 is 5.32 Å². The molecule has 90 valence electrons. The monoisotopic (exact) mass is 217 g/mol. The molecule has 0 saturated heterocycles. The van der Waals surface area contributed by atoms with E-state index in [0.29, 0.717) is 19.4 Å². The summed E-state index contributed by atoms with van der Waals surface area (Å²) in [5.74, 6) is -0.0861. The van der Waals surface area contributed by atoms with Gasteiger partial charge < -0.3 is 15.2 Å². The molecule has 0 rings (SSSR count). The minimum atomic E-state index is -0.445. The van der Waals surface area contributed by atoms with Crippen molar-refractivity contribution in [1.82, 2.24) is 5.32 Å². The molecule has 2 N–H and O–H groups in total. The van der Waals surface area contributed by atoms with Crippen molar-refractivity contribution in [3.63, 3.8) is 0 Å². The number of ether oxygens (including phenoxy) is 1. The first-order valence-corrected chi connectivity index (χ1v) is 5.41. The summed E-state index contributed by atoms with van der Waals surface area (Å²) >= 11 is 0. The van der Waals surface area contributed by atoms with Gasteiger partial charge in [0.25, 0.3) is 0 Å². The van der Waals surface area contributed by atoms with Gasteiger partial charge in [-0.2, -0.15) is 0 Å². The Balaban J connectivity index is 3.75. The van der Waals surface area contributed by atoms with Gasteiger partial charge in [0.2, 0.25) is 5.91 Å². The third-order valence-corrected chi connectivity index (χ3v) is 2.30. The SMILES string of the molecule is CCCC(O)CNC(=O)CC(C)(C)OC. The number of methoxy groups -OCH3 is 1. The number of amides is 1. The van der Waals surface area contributed by atoms with E-state index in [1.807, 2.05) is 20.8 Å². The molecule has 0 saturated carbocycles. The van der Waals surface area contributed by atoms with Gasteiger partial charge >= 0.3 is 0 Å². The Morgan fingerprint density at radius 2 is 2.13 bits per heavy atom. The second-order valence-electron chi connectivity index (χ2n) is 4.39. The molecule has 0 aliphatic heterocycles. The molecule has 4 heteroatoms. The molecule has 0 radical (unpaired) electrons. The van der Waals surface area contributed by atoms with Crippen LogP contribution in [0, 0.1) is 0 Å². The van der Waals surface area contributed by atoms with Crippen LogP contribution >= 0.6 is 0 Å². The first-order chi connectivity index (χ1) is 6.91. The molecule has 15 heavy (non-hydrogen) atoms. The largest absolute Gasteiger partial charge is 0.391 e. The van der Waals surface area contributed by atoms with E-state index in [9.17, 15) is 9.90 Å². The van der Waals surface area contributed by atoms with Crippen molar-refractivity contribution in [2.45, 2.75) is 51.7 Å². The molecule has 0 aromatic rings. The Kier molecular flexibility index (Phi) is 6.52. The van der Waals surface area contributed by atoms with E-state index in [4.69, 9.17) is 4.74 Å². The molecule has 0 aliphatic carbocycles. The second kappa shape index (κ2) is 6.80. The average molecular weight is 217 g/mol. The predicted molar refractivity (Wildman–Crippen MR) is 59.6 cm³/mol. The number of hydrogen-bond acceptors (Lipinski definition) is 3. The molecule has 1 atom stereocenters. The normalized spacial score (nSPS) is 13.7. The number of carbonyl (C=O) groups excluding carboxylic acids is 1. The number of aliphatic hydroxyl groups excluding tert-OH is 1. The van der Waals surface area contributed by atoms with E-state index < -0.39 is 11.7 Å². The average Bonchev–Trinajstić information content (AvgIpc) is 2.15. The van der Waals surface area contributed by atoms with Gasteiger partial charge in [0.15, 0.2) is 0 Å². The van der Waals surface area contributed by atoms with Crippen LogP contribution in [0.4, 0.5) is 0 Å². The zero-order chi connectivity index (χ0) is 11.9. The Hall–Kier alpha value is -0.610. The van der Waals surface area contributed by atoms with Crippen molar-refractivity contribution < 1.29 is 14.6 Å². The molecule has 0 aromatic carbocycles. The fourth-order valence-corrected chi connectivity index (χ4v) is 1.19. The molecular formula is C11H23NO3. The van der Waals surface area contributed by atoms with E-state index in [0.717, 1.165) is 6.42 Å². The standard InChI is InChI=1S/C11H23NO3/c1-5-6-9(13)8-12-10(14)7-11(2,3)15-4/h9,13H,5-8H2,1-4H3,(H,12,14). The number of nitrogens with one attached hydrogen (secondary N) is 1. The topological polar surface area (TPSA) is 58.6 Å². The fourth-order valence-electron chi connectivity index (χ4n) is 1.19. The lowest BCUT2D eigenvalue weighted by Gasteiger charge is -2.22. The van der Waals surface area contributed by atoms with E-state index in [-0.39, 0.29) is 5.91 Å². The van der Waals surface area contributed by atoms with Gasteiger partial charge in [0, 0.05) is 13.7 Å². The minimum Gasteiger partial charge on any atom is -0.391 e. The molecule has 1 unspecified atom stereocenters. The number of aliphatic hydroxyl groups is 1. The van der Waals surface area contributed by atoms with Crippen LogP contribution in [0.2, 0.25) is 0 Å². The molecule has 1 amide bonds. The summed E-state index contributed by atoms with van der Waals surface area (Å²) < 4.78 is 5.14. The van der Waals surface area contributed by atoms with Crippen LogP contribution in [0.1, 0.15) is 40.0 Å². The summed E-state index contributed by atoms with van der Waals surface area (Å²) in [4.78, 5) is 11.4. The van der Waals surface area contributed by atoms with Crippen LogP contribution in [0.5, 0.6) is 0 Å². The van der Waals surface area contributed by atoms with Crippen molar-refractivity contribution in [3.8, 4) is 0 Å². The summed E-state index contributed by atoms with van der Waals surface area (Å²) in [7, 11) is 1.58. The third-order valence-electron chi connectivity index (χ3n) is 2.30. The van der Waals surface area contributed by atoms with E-state index in [1.54, 1.807) is 7.11 Å². The molecular weight excluding hydrogens is 194 g/mol. The van der Waals surface area contributed by atoms with Crippen molar-refractivity contribution in [2.24, 2.45) is 0 Å². The second-order valence-corrected chi connectivity index (χ2v) is 4.39. The van der Waals surface area contributed by atoms with Gasteiger partial charge in [-0.1, -0.05) is 13.3 Å². The summed E-state index contributed by atoms with van der Waals surface area (Å²) in [6, 6.07) is 0. The Morgan fingerprint density at radius 1 is 1.53 bits per heavy atom. The Bertz CT molecular complexity index is 192. The molecule has 0 aromatic heterocycles. The molecule has 0 aliphatic rings. The third kappa shape index (κ3) is 7.33. The summed E-state index contributed by atoms with van der Waals surface area (Å²) in [6.07, 6.45) is 1.50. The maximum absolute atomic E-state index is 11.4. The molecule has 0 heterocycles. The summed E-state index contributed by atoms with van der Waals surface area (Å²) in [5, 5.41) is 12.1. The highest BCUT2D eigenvalue weighted by atomic mass is 16.5. The first kappa shape index (κ1) is 14.4. The smallest absolute Gasteiger partial charge is 0.222 e. The highest BCUT2D eigenvalue weighted by molar-refractivity contribution is 5.76. The maximum atomic E-state index is 11.4. The van der Waals surface area contributed by atoms with Gasteiger partial charge in [-0.15, -0.1) is 0 Å². The van der Waals surface area contributed by atoms with Crippen LogP contribution in [0.15, 0.2) is 0 Å². The molecule has 4 nitrogen and oxygen atoms in total. The van der Waals surface area contributed by atoms with Crippen LogP contribution in [-0.2, 0) is 9.53 Å². The van der Waals surface area contributed by atoms with E-state index in [1.165, 1.54) is 0 Å². The maximum Gasteiger partial charge on any atom is 0.222 e. The van der Waals surface area contributed by atoms with Crippen molar-refractivity contribution in [2.75, 3.05) is 13.7 Å². The Labute approximate surface area is 92.0 Å². The van der Waals surface area contributed by atoms with E-state index in [2.05, 4.69) is 5.32 Å².